The molecule has 0 amide bonds. The highest BCUT2D eigenvalue weighted by atomic mass is 15.0. The number of imidazole rings is 1. The molecule has 0 unspecified atom stereocenters. The molecule has 0 saturated heterocycles. The highest BCUT2D eigenvalue weighted by Gasteiger charge is 2.13. The fraction of sp³-hybridized carbons (Fsp3) is 0.167. The Bertz CT molecular complexity index is 867. The minimum atomic E-state index is 0.303. The van der Waals surface area contributed by atoms with Crippen molar-refractivity contribution in [3.63, 3.8) is 0 Å². The third-order valence-electron chi connectivity index (χ3n) is 3.46. The third-order valence-corrected chi connectivity index (χ3v) is 3.46. The van der Waals surface area contributed by atoms with Crippen LogP contribution >= 0.6 is 0 Å². The summed E-state index contributed by atoms with van der Waals surface area (Å²) in [6.07, 6.45) is 5.50. The second kappa shape index (κ2) is 5.82. The van der Waals surface area contributed by atoms with Crippen LogP contribution in [0.3, 0.4) is 0 Å². The number of pyridine rings is 2. The maximum atomic E-state index is 9.44. The molecule has 3 rings (SSSR count). The van der Waals surface area contributed by atoms with Crippen LogP contribution in [0.25, 0.3) is 17.2 Å². The van der Waals surface area contributed by atoms with Crippen molar-refractivity contribution < 1.29 is 0 Å². The smallest absolute Gasteiger partial charge is 0.116 e. The van der Waals surface area contributed by atoms with Crippen molar-refractivity contribution >= 4 is 17.2 Å². The minimum Gasteiger partial charge on any atom is -0.303 e. The summed E-state index contributed by atoms with van der Waals surface area (Å²) in [7, 11) is 0. The maximum absolute atomic E-state index is 9.44. The van der Waals surface area contributed by atoms with Gasteiger partial charge in [-0.25, -0.2) is 4.98 Å². The predicted molar refractivity (Wildman–Crippen MR) is 87.0 cm³/mol. The van der Waals surface area contributed by atoms with Crippen LogP contribution in [0, 0.1) is 11.3 Å². The van der Waals surface area contributed by atoms with E-state index in [-0.39, 0.29) is 0 Å². The number of allylic oxidation sites excluding steroid dienone is 1. The Hall–Kier alpha value is -2.93. The summed E-state index contributed by atoms with van der Waals surface area (Å²) < 4.78 is 2.07. The first-order valence-electron chi connectivity index (χ1n) is 7.21. The Morgan fingerprint density at radius 2 is 2.05 bits per heavy atom. The van der Waals surface area contributed by atoms with E-state index in [4.69, 9.17) is 4.98 Å². The van der Waals surface area contributed by atoms with Gasteiger partial charge in [-0.2, -0.15) is 5.26 Å². The molecule has 0 bridgehead atoms. The van der Waals surface area contributed by atoms with Gasteiger partial charge in [-0.15, -0.1) is 0 Å². The second-order valence-corrected chi connectivity index (χ2v) is 5.35. The summed E-state index contributed by atoms with van der Waals surface area (Å²) in [5.41, 5.74) is 2.97. The molecule has 4 nitrogen and oxygen atoms in total. The molecule has 0 spiro atoms. The van der Waals surface area contributed by atoms with Gasteiger partial charge < -0.3 is 4.40 Å². The zero-order valence-electron chi connectivity index (χ0n) is 12.6. The molecule has 3 heterocycles. The number of hydrogen-bond acceptors (Lipinski definition) is 3. The first-order valence-corrected chi connectivity index (χ1v) is 7.21. The molecule has 0 aliphatic carbocycles. The molecular formula is C18H16N4. The van der Waals surface area contributed by atoms with Gasteiger partial charge in [0, 0.05) is 18.3 Å². The Kier molecular flexibility index (Phi) is 3.71. The van der Waals surface area contributed by atoms with Crippen LogP contribution in [0.2, 0.25) is 0 Å². The van der Waals surface area contributed by atoms with Gasteiger partial charge >= 0.3 is 0 Å². The van der Waals surface area contributed by atoms with Crippen molar-refractivity contribution in [2.75, 3.05) is 0 Å². The summed E-state index contributed by atoms with van der Waals surface area (Å²) in [4.78, 5) is 8.95. The molecular weight excluding hydrogens is 272 g/mol. The van der Waals surface area contributed by atoms with E-state index in [1.807, 2.05) is 48.7 Å². The Morgan fingerprint density at radius 1 is 1.23 bits per heavy atom. The van der Waals surface area contributed by atoms with E-state index in [0.717, 1.165) is 17.0 Å². The SMILES string of the molecule is CC(C)c1nc(C=C(C#N)c2ccccn2)c2ccccn12. The maximum Gasteiger partial charge on any atom is 0.116 e. The monoisotopic (exact) mass is 288 g/mol. The summed E-state index contributed by atoms with van der Waals surface area (Å²) in [5, 5.41) is 9.44. The van der Waals surface area contributed by atoms with Crippen molar-refractivity contribution in [1.82, 2.24) is 14.4 Å². The van der Waals surface area contributed by atoms with E-state index in [9.17, 15) is 5.26 Å². The number of aromatic nitrogens is 3. The molecule has 3 aromatic rings. The lowest BCUT2D eigenvalue weighted by molar-refractivity contribution is 0.770. The van der Waals surface area contributed by atoms with Crippen LogP contribution in [-0.4, -0.2) is 14.4 Å². The molecule has 0 fully saturated rings. The van der Waals surface area contributed by atoms with Gasteiger partial charge in [-0.3, -0.25) is 4.98 Å². The quantitative estimate of drug-likeness (QED) is 0.686. The molecule has 0 atom stereocenters. The van der Waals surface area contributed by atoms with Gasteiger partial charge in [0.25, 0.3) is 0 Å². The number of nitriles is 1. The van der Waals surface area contributed by atoms with E-state index in [2.05, 4.69) is 29.3 Å². The first-order chi connectivity index (χ1) is 10.7. The van der Waals surface area contributed by atoms with Gasteiger partial charge in [0.1, 0.15) is 11.9 Å². The van der Waals surface area contributed by atoms with Crippen LogP contribution < -0.4 is 0 Å². The molecule has 22 heavy (non-hydrogen) atoms. The molecule has 0 aromatic carbocycles. The molecule has 0 aliphatic rings. The average molecular weight is 288 g/mol. The second-order valence-electron chi connectivity index (χ2n) is 5.35. The normalized spacial score (nSPS) is 11.8. The molecule has 108 valence electrons. The predicted octanol–water partition coefficient (Wildman–Crippen LogP) is 3.92. The fourth-order valence-electron chi connectivity index (χ4n) is 2.42. The number of hydrogen-bond donors (Lipinski definition) is 0. The fourth-order valence-corrected chi connectivity index (χ4v) is 2.42. The number of nitrogens with zero attached hydrogens (tertiary/aromatic N) is 4. The Balaban J connectivity index is 2.18. The van der Waals surface area contributed by atoms with Crippen LogP contribution in [0.1, 0.15) is 37.0 Å². The summed E-state index contributed by atoms with van der Waals surface area (Å²) in [6.45, 7) is 4.22. The highest BCUT2D eigenvalue weighted by Crippen LogP contribution is 2.23. The van der Waals surface area contributed by atoms with Crippen molar-refractivity contribution in [2.24, 2.45) is 0 Å². The van der Waals surface area contributed by atoms with Crippen LogP contribution in [-0.2, 0) is 0 Å². The van der Waals surface area contributed by atoms with Gasteiger partial charge in [-0.1, -0.05) is 26.0 Å². The van der Waals surface area contributed by atoms with Gasteiger partial charge in [-0.05, 0) is 30.3 Å². The lowest BCUT2D eigenvalue weighted by Crippen LogP contribution is -1.95. The lowest BCUT2D eigenvalue weighted by Gasteiger charge is -2.02. The van der Waals surface area contributed by atoms with E-state index in [0.29, 0.717) is 17.2 Å². The average Bonchev–Trinajstić information content (AvgIpc) is 2.92. The molecule has 3 aromatic heterocycles. The summed E-state index contributed by atoms with van der Waals surface area (Å²) in [6, 6.07) is 13.7. The molecule has 0 saturated carbocycles. The van der Waals surface area contributed by atoms with Crippen molar-refractivity contribution in [3.8, 4) is 6.07 Å². The molecule has 0 N–H and O–H groups in total. The van der Waals surface area contributed by atoms with Crippen LogP contribution in [0.15, 0.2) is 48.8 Å². The van der Waals surface area contributed by atoms with E-state index in [1.165, 1.54) is 0 Å². The summed E-state index contributed by atoms with van der Waals surface area (Å²) >= 11 is 0. The van der Waals surface area contributed by atoms with E-state index >= 15 is 0 Å². The van der Waals surface area contributed by atoms with Crippen LogP contribution in [0.4, 0.5) is 0 Å². The van der Waals surface area contributed by atoms with Gasteiger partial charge in [0.15, 0.2) is 0 Å². The molecule has 4 heteroatoms. The number of rotatable bonds is 3. The van der Waals surface area contributed by atoms with Crippen molar-refractivity contribution in [1.29, 1.82) is 5.26 Å². The number of fused-ring (bicyclic) bond motifs is 1. The van der Waals surface area contributed by atoms with E-state index in [1.54, 1.807) is 6.20 Å². The first kappa shape index (κ1) is 14.0. The zero-order valence-corrected chi connectivity index (χ0v) is 12.6. The van der Waals surface area contributed by atoms with Gasteiger partial charge in [0.05, 0.1) is 22.5 Å². The highest BCUT2D eigenvalue weighted by molar-refractivity contribution is 5.90. The standard InChI is InChI=1S/C18H16N4/c1-13(2)18-21-16(17-8-4-6-10-22(17)18)11-14(12-19)15-7-3-5-9-20-15/h3-11,13H,1-2H3. The Labute approximate surface area is 129 Å². The minimum absolute atomic E-state index is 0.303. The lowest BCUT2D eigenvalue weighted by atomic mass is 10.1. The Morgan fingerprint density at radius 3 is 2.73 bits per heavy atom. The largest absolute Gasteiger partial charge is 0.303 e. The van der Waals surface area contributed by atoms with Crippen LogP contribution in [0.5, 0.6) is 0 Å². The van der Waals surface area contributed by atoms with Gasteiger partial charge in [0.2, 0.25) is 0 Å². The zero-order chi connectivity index (χ0) is 15.5. The topological polar surface area (TPSA) is 54.0 Å². The summed E-state index contributed by atoms with van der Waals surface area (Å²) in [5.74, 6) is 1.29. The van der Waals surface area contributed by atoms with Crippen molar-refractivity contribution in [2.45, 2.75) is 19.8 Å². The molecule has 0 aliphatic heterocycles. The third kappa shape index (κ3) is 2.49. The van der Waals surface area contributed by atoms with Crippen molar-refractivity contribution in [3.05, 3.63) is 66.0 Å². The van der Waals surface area contributed by atoms with E-state index < -0.39 is 0 Å². The molecule has 0 radical (unpaired) electrons.